The maximum absolute atomic E-state index is 6.06. The Hall–Kier alpha value is -2.58. The van der Waals surface area contributed by atoms with E-state index >= 15 is 0 Å². The predicted octanol–water partition coefficient (Wildman–Crippen LogP) is 2.36. The molecule has 0 unspecified atom stereocenters. The maximum atomic E-state index is 6.06. The van der Waals surface area contributed by atoms with Crippen LogP contribution in [0.5, 0.6) is 11.6 Å². The van der Waals surface area contributed by atoms with E-state index in [2.05, 4.69) is 26.9 Å². The molecule has 5 nitrogen and oxygen atoms in total. The molecular weight excluding hydrogens is 314 g/mol. The van der Waals surface area contributed by atoms with Gasteiger partial charge in [-0.1, -0.05) is 5.92 Å². The Morgan fingerprint density at radius 3 is 2.40 bits per heavy atom. The quantitative estimate of drug-likeness (QED) is 0.806. The van der Waals surface area contributed by atoms with E-state index in [-0.39, 0.29) is 6.10 Å². The summed E-state index contributed by atoms with van der Waals surface area (Å²) in [6, 6.07) is 11.3. The average Bonchev–Trinajstić information content (AvgIpc) is 2.69. The fraction of sp³-hybridized carbons (Fsp3) is 0.400. The summed E-state index contributed by atoms with van der Waals surface area (Å²) in [5, 5.41) is 8.35. The number of methoxy groups -OCH3 is 1. The fourth-order valence-electron chi connectivity index (χ4n) is 3.46. The molecule has 1 atom stereocenters. The number of hydrogen-bond acceptors (Lipinski definition) is 5. The summed E-state index contributed by atoms with van der Waals surface area (Å²) < 4.78 is 11.2. The lowest BCUT2D eigenvalue weighted by Gasteiger charge is -2.44. The van der Waals surface area contributed by atoms with Crippen LogP contribution in [0.4, 0.5) is 0 Å². The largest absolute Gasteiger partial charge is 0.497 e. The summed E-state index contributed by atoms with van der Waals surface area (Å²) in [5.74, 6) is 8.17. The predicted molar refractivity (Wildman–Crippen MR) is 94.6 cm³/mol. The van der Waals surface area contributed by atoms with Crippen LogP contribution in [-0.4, -0.2) is 47.9 Å². The highest BCUT2D eigenvalue weighted by Crippen LogP contribution is 2.29. The van der Waals surface area contributed by atoms with Crippen molar-refractivity contribution in [1.82, 2.24) is 15.1 Å². The minimum Gasteiger partial charge on any atom is -0.497 e. The Labute approximate surface area is 148 Å². The second kappa shape index (κ2) is 7.12. The molecule has 0 N–H and O–H groups in total. The van der Waals surface area contributed by atoms with Crippen LogP contribution in [-0.2, 0) is 0 Å². The molecule has 3 aliphatic heterocycles. The number of nitrogens with zero attached hydrogens (tertiary/aromatic N) is 3. The lowest BCUT2D eigenvalue weighted by Crippen LogP contribution is -2.52. The van der Waals surface area contributed by atoms with Crippen molar-refractivity contribution in [2.75, 3.05) is 26.7 Å². The second-order valence-corrected chi connectivity index (χ2v) is 6.53. The van der Waals surface area contributed by atoms with Crippen LogP contribution in [0.2, 0.25) is 0 Å². The molecule has 1 aromatic heterocycles. The highest BCUT2D eigenvalue weighted by atomic mass is 16.5. The van der Waals surface area contributed by atoms with E-state index in [0.29, 0.717) is 17.5 Å². The molecule has 5 heteroatoms. The van der Waals surface area contributed by atoms with Crippen LogP contribution in [0.25, 0.3) is 0 Å². The van der Waals surface area contributed by atoms with Gasteiger partial charge < -0.3 is 9.47 Å². The van der Waals surface area contributed by atoms with Gasteiger partial charge in [-0.05, 0) is 68.1 Å². The number of rotatable bonds is 3. The van der Waals surface area contributed by atoms with Crippen LogP contribution in [0.3, 0.4) is 0 Å². The SMILES string of the molecule is COc1ccc(C#Cc2ccc(O[C@H]3CN4CCC3CC4)nn2)cc1. The van der Waals surface area contributed by atoms with Gasteiger partial charge in [0.1, 0.15) is 17.5 Å². The molecule has 1 aromatic carbocycles. The van der Waals surface area contributed by atoms with Gasteiger partial charge in [-0.15, -0.1) is 10.2 Å². The van der Waals surface area contributed by atoms with Gasteiger partial charge in [0.05, 0.1) is 7.11 Å². The summed E-state index contributed by atoms with van der Waals surface area (Å²) in [7, 11) is 1.65. The normalized spacial score (nSPS) is 24.3. The van der Waals surface area contributed by atoms with Gasteiger partial charge in [0.25, 0.3) is 0 Å². The van der Waals surface area contributed by atoms with Gasteiger partial charge in [-0.2, -0.15) is 0 Å². The molecule has 0 radical (unpaired) electrons. The van der Waals surface area contributed by atoms with Crippen LogP contribution >= 0.6 is 0 Å². The summed E-state index contributed by atoms with van der Waals surface area (Å²) in [4.78, 5) is 2.47. The molecule has 0 amide bonds. The molecule has 25 heavy (non-hydrogen) atoms. The molecule has 2 aromatic rings. The number of aromatic nitrogens is 2. The monoisotopic (exact) mass is 335 g/mol. The first kappa shape index (κ1) is 15.9. The lowest BCUT2D eigenvalue weighted by molar-refractivity contribution is -0.0104. The van der Waals surface area contributed by atoms with Crippen molar-refractivity contribution in [3.8, 4) is 23.5 Å². The summed E-state index contributed by atoms with van der Waals surface area (Å²) in [6.45, 7) is 3.41. The molecule has 0 spiro atoms. The average molecular weight is 335 g/mol. The van der Waals surface area contributed by atoms with E-state index in [1.54, 1.807) is 7.11 Å². The summed E-state index contributed by atoms with van der Waals surface area (Å²) >= 11 is 0. The molecule has 0 saturated carbocycles. The molecule has 128 valence electrons. The summed E-state index contributed by atoms with van der Waals surface area (Å²) in [5.41, 5.74) is 1.55. The standard InChI is InChI=1S/C20H21N3O2/c1-24-18-7-3-15(4-8-18)2-5-17-6-9-20(22-21-17)25-19-14-23-12-10-16(19)11-13-23/h3-4,6-9,16,19H,10-14H2,1H3/t19-/m0/s1. The third kappa shape index (κ3) is 3.75. The first-order valence-corrected chi connectivity index (χ1v) is 8.69. The van der Waals surface area contributed by atoms with E-state index < -0.39 is 0 Å². The van der Waals surface area contributed by atoms with Gasteiger partial charge in [0.2, 0.25) is 5.88 Å². The lowest BCUT2D eigenvalue weighted by atomic mass is 9.86. The smallest absolute Gasteiger partial charge is 0.233 e. The third-order valence-corrected chi connectivity index (χ3v) is 4.93. The maximum Gasteiger partial charge on any atom is 0.233 e. The van der Waals surface area contributed by atoms with Crippen molar-refractivity contribution < 1.29 is 9.47 Å². The number of piperidine rings is 3. The van der Waals surface area contributed by atoms with Crippen molar-refractivity contribution in [2.24, 2.45) is 5.92 Å². The van der Waals surface area contributed by atoms with Gasteiger partial charge in [0, 0.05) is 18.2 Å². The molecule has 3 aliphatic rings. The highest BCUT2D eigenvalue weighted by molar-refractivity contribution is 5.42. The van der Waals surface area contributed by atoms with E-state index in [9.17, 15) is 0 Å². The van der Waals surface area contributed by atoms with Crippen LogP contribution in [0.1, 0.15) is 24.1 Å². The number of hydrogen-bond donors (Lipinski definition) is 0. The van der Waals surface area contributed by atoms with Gasteiger partial charge in [-0.3, -0.25) is 4.90 Å². The van der Waals surface area contributed by atoms with Crippen molar-refractivity contribution in [3.05, 3.63) is 47.7 Å². The third-order valence-electron chi connectivity index (χ3n) is 4.93. The minimum atomic E-state index is 0.244. The topological polar surface area (TPSA) is 47.5 Å². The molecule has 4 heterocycles. The molecular formula is C20H21N3O2. The number of fused-ring (bicyclic) bond motifs is 3. The van der Waals surface area contributed by atoms with Gasteiger partial charge in [-0.25, -0.2) is 0 Å². The summed E-state index contributed by atoms with van der Waals surface area (Å²) in [6.07, 6.45) is 2.69. The van der Waals surface area contributed by atoms with Crippen LogP contribution in [0.15, 0.2) is 36.4 Å². The van der Waals surface area contributed by atoms with Crippen LogP contribution in [0, 0.1) is 17.8 Å². The minimum absolute atomic E-state index is 0.244. The first-order chi connectivity index (χ1) is 12.3. The Morgan fingerprint density at radius 1 is 1.00 bits per heavy atom. The van der Waals surface area contributed by atoms with Crippen molar-refractivity contribution in [3.63, 3.8) is 0 Å². The van der Waals surface area contributed by atoms with Crippen molar-refractivity contribution >= 4 is 0 Å². The zero-order valence-corrected chi connectivity index (χ0v) is 14.3. The van der Waals surface area contributed by atoms with Crippen molar-refractivity contribution in [2.45, 2.75) is 18.9 Å². The Balaban J connectivity index is 1.39. The first-order valence-electron chi connectivity index (χ1n) is 8.69. The van der Waals surface area contributed by atoms with E-state index in [0.717, 1.165) is 17.9 Å². The van der Waals surface area contributed by atoms with E-state index in [1.165, 1.54) is 25.9 Å². The number of ether oxygens (including phenoxy) is 2. The highest BCUT2D eigenvalue weighted by Gasteiger charge is 2.35. The second-order valence-electron chi connectivity index (χ2n) is 6.53. The Kier molecular flexibility index (Phi) is 4.53. The molecule has 2 bridgehead atoms. The molecule has 3 fully saturated rings. The van der Waals surface area contributed by atoms with Gasteiger partial charge >= 0.3 is 0 Å². The van der Waals surface area contributed by atoms with Crippen molar-refractivity contribution in [1.29, 1.82) is 0 Å². The van der Waals surface area contributed by atoms with Crippen LogP contribution < -0.4 is 9.47 Å². The molecule has 3 saturated heterocycles. The molecule has 0 aliphatic carbocycles. The zero-order chi connectivity index (χ0) is 17.1. The van der Waals surface area contributed by atoms with E-state index in [1.807, 2.05) is 36.4 Å². The Bertz CT molecular complexity index is 769. The Morgan fingerprint density at radius 2 is 1.80 bits per heavy atom. The zero-order valence-electron chi connectivity index (χ0n) is 14.3. The fourth-order valence-corrected chi connectivity index (χ4v) is 3.46. The number of benzene rings is 1. The molecule has 5 rings (SSSR count). The van der Waals surface area contributed by atoms with E-state index in [4.69, 9.17) is 9.47 Å². The van der Waals surface area contributed by atoms with Gasteiger partial charge in [0.15, 0.2) is 0 Å².